The molecule has 2 saturated heterocycles. The van der Waals surface area contributed by atoms with Crippen LogP contribution in [0.25, 0.3) is 16.9 Å². The second-order valence-electron chi connectivity index (χ2n) is 11.4. The van der Waals surface area contributed by atoms with E-state index in [9.17, 15) is 9.59 Å². The molecule has 0 aliphatic carbocycles. The predicted octanol–water partition coefficient (Wildman–Crippen LogP) is 4.56. The second-order valence-corrected chi connectivity index (χ2v) is 11.4. The number of nitrogens with zero attached hydrogens (tertiary/aromatic N) is 6. The summed E-state index contributed by atoms with van der Waals surface area (Å²) < 4.78 is 13.7. The van der Waals surface area contributed by atoms with Gasteiger partial charge < -0.3 is 19.3 Å². The Hall–Kier alpha value is -4.70. The third-order valence-electron chi connectivity index (χ3n) is 8.78. The SMILES string of the molecule is COc1cc2c(cc1OCCCN1CCN(C(=O)c3nc(-c4ccccc4)n4ccccc34)CC1)N=C[C@@H]1CCCN1C2=O. The number of imidazole rings is 1. The quantitative estimate of drug-likeness (QED) is 0.279. The molecule has 0 N–H and O–H groups in total. The molecule has 1 atom stereocenters. The molecule has 4 aromatic rings. The Morgan fingerprint density at radius 3 is 2.61 bits per heavy atom. The van der Waals surface area contributed by atoms with Crippen molar-refractivity contribution in [1.82, 2.24) is 24.1 Å². The monoisotopic (exact) mass is 592 g/mol. The number of carbonyl (C=O) groups excluding carboxylic acids is 2. The van der Waals surface area contributed by atoms with Crippen molar-refractivity contribution < 1.29 is 19.1 Å². The van der Waals surface area contributed by atoms with Gasteiger partial charge in [-0.25, -0.2) is 4.98 Å². The van der Waals surface area contributed by atoms with Crippen LogP contribution in [0.15, 0.2) is 71.9 Å². The summed E-state index contributed by atoms with van der Waals surface area (Å²) in [5.41, 5.74) is 3.47. The number of carbonyl (C=O) groups is 2. The van der Waals surface area contributed by atoms with E-state index in [-0.39, 0.29) is 17.9 Å². The van der Waals surface area contributed by atoms with E-state index in [4.69, 9.17) is 14.5 Å². The molecule has 10 heteroatoms. The van der Waals surface area contributed by atoms with Crippen molar-refractivity contribution in [2.75, 3.05) is 53.0 Å². The molecule has 3 aliphatic heterocycles. The topological polar surface area (TPSA) is 92.0 Å². The number of fused-ring (bicyclic) bond motifs is 3. The van der Waals surface area contributed by atoms with Crippen LogP contribution in [-0.4, -0.2) is 101 Å². The van der Waals surface area contributed by atoms with Gasteiger partial charge >= 0.3 is 0 Å². The molecule has 0 saturated carbocycles. The van der Waals surface area contributed by atoms with E-state index >= 15 is 0 Å². The second kappa shape index (κ2) is 12.1. The zero-order chi connectivity index (χ0) is 30.0. The van der Waals surface area contributed by atoms with Crippen molar-refractivity contribution in [3.63, 3.8) is 0 Å². The van der Waals surface area contributed by atoms with Crippen LogP contribution in [0.1, 0.15) is 40.1 Å². The minimum absolute atomic E-state index is 0.000191. The van der Waals surface area contributed by atoms with Gasteiger partial charge in [-0.2, -0.15) is 0 Å². The van der Waals surface area contributed by atoms with Gasteiger partial charge in [-0.05, 0) is 37.5 Å². The van der Waals surface area contributed by atoms with Gasteiger partial charge in [0.2, 0.25) is 0 Å². The van der Waals surface area contributed by atoms with Crippen LogP contribution in [0.2, 0.25) is 0 Å². The maximum absolute atomic E-state index is 13.6. The maximum atomic E-state index is 13.6. The first kappa shape index (κ1) is 28.1. The summed E-state index contributed by atoms with van der Waals surface area (Å²) in [6.07, 6.45) is 6.60. The Balaban J connectivity index is 0.944. The van der Waals surface area contributed by atoms with Crippen LogP contribution in [0.3, 0.4) is 0 Å². The molecule has 0 bridgehead atoms. The number of benzene rings is 2. The number of aromatic nitrogens is 2. The van der Waals surface area contributed by atoms with Crippen LogP contribution in [0, 0.1) is 0 Å². The lowest BCUT2D eigenvalue weighted by molar-refractivity contribution is 0.0627. The van der Waals surface area contributed by atoms with Crippen molar-refractivity contribution in [2.45, 2.75) is 25.3 Å². The van der Waals surface area contributed by atoms with Gasteiger partial charge in [0, 0.05) is 63.3 Å². The molecule has 44 heavy (non-hydrogen) atoms. The average Bonchev–Trinajstić information content (AvgIpc) is 3.68. The van der Waals surface area contributed by atoms with Gasteiger partial charge in [0.15, 0.2) is 17.2 Å². The maximum Gasteiger partial charge on any atom is 0.274 e. The molecule has 7 rings (SSSR count). The Kier molecular flexibility index (Phi) is 7.74. The van der Waals surface area contributed by atoms with Crippen molar-refractivity contribution in [1.29, 1.82) is 0 Å². The minimum Gasteiger partial charge on any atom is -0.493 e. The smallest absolute Gasteiger partial charge is 0.274 e. The van der Waals surface area contributed by atoms with Gasteiger partial charge in [0.05, 0.1) is 36.5 Å². The third-order valence-corrected chi connectivity index (χ3v) is 8.78. The highest BCUT2D eigenvalue weighted by atomic mass is 16.5. The summed E-state index contributed by atoms with van der Waals surface area (Å²) >= 11 is 0. The summed E-state index contributed by atoms with van der Waals surface area (Å²) in [4.78, 5) is 42.3. The minimum atomic E-state index is -0.0317. The number of amides is 2. The highest BCUT2D eigenvalue weighted by molar-refractivity contribution is 6.03. The van der Waals surface area contributed by atoms with E-state index in [2.05, 4.69) is 9.89 Å². The zero-order valence-corrected chi connectivity index (χ0v) is 24.9. The van der Waals surface area contributed by atoms with Crippen LogP contribution < -0.4 is 9.47 Å². The summed E-state index contributed by atoms with van der Waals surface area (Å²) in [6.45, 7) is 4.99. The molecule has 2 fully saturated rings. The molecule has 226 valence electrons. The average molecular weight is 593 g/mol. The number of hydrogen-bond donors (Lipinski definition) is 0. The first-order valence-electron chi connectivity index (χ1n) is 15.3. The molecular weight excluding hydrogens is 556 g/mol. The largest absolute Gasteiger partial charge is 0.493 e. The van der Waals surface area contributed by atoms with Crippen molar-refractivity contribution >= 4 is 29.2 Å². The number of methoxy groups -OCH3 is 1. The lowest BCUT2D eigenvalue weighted by atomic mass is 10.1. The van der Waals surface area contributed by atoms with E-state index in [1.54, 1.807) is 13.2 Å². The first-order valence-corrected chi connectivity index (χ1v) is 15.3. The molecule has 2 amide bonds. The van der Waals surface area contributed by atoms with Crippen LogP contribution in [-0.2, 0) is 0 Å². The van der Waals surface area contributed by atoms with Gasteiger partial charge in [-0.1, -0.05) is 36.4 Å². The first-order chi connectivity index (χ1) is 21.6. The molecule has 0 unspecified atom stereocenters. The fourth-order valence-corrected chi connectivity index (χ4v) is 6.40. The standard InChI is InChI=1S/C34H36N6O4/c1-43-29-21-26-27(35-23-25-11-7-15-39(25)33(26)41)22-30(29)44-20-8-13-37-16-18-38(19-17-37)34(42)31-28-12-5-6-14-40(28)32(36-31)24-9-3-2-4-10-24/h2-6,9-10,12,14,21-23,25H,7-8,11,13,15-20H2,1H3/t25-/m0/s1. The van der Waals surface area contributed by atoms with Gasteiger partial charge in [-0.15, -0.1) is 0 Å². The van der Waals surface area contributed by atoms with Gasteiger partial charge in [0.25, 0.3) is 11.8 Å². The molecule has 10 nitrogen and oxygen atoms in total. The molecule has 2 aromatic carbocycles. The number of rotatable bonds is 8. The molecular formula is C34H36N6O4. The van der Waals surface area contributed by atoms with E-state index in [1.807, 2.05) is 81.2 Å². The number of hydrogen-bond acceptors (Lipinski definition) is 7. The summed E-state index contributed by atoms with van der Waals surface area (Å²) in [5, 5.41) is 0. The van der Waals surface area contributed by atoms with E-state index < -0.39 is 0 Å². The van der Waals surface area contributed by atoms with Gasteiger partial charge in [-0.3, -0.25) is 23.9 Å². The van der Waals surface area contributed by atoms with Crippen molar-refractivity contribution in [3.05, 3.63) is 78.1 Å². The number of piperazine rings is 1. The number of aliphatic imine (C=N–C) groups is 1. The van der Waals surface area contributed by atoms with Crippen molar-refractivity contribution in [2.24, 2.45) is 4.99 Å². The lowest BCUT2D eigenvalue weighted by Gasteiger charge is -2.34. The molecule has 5 heterocycles. The number of ether oxygens (including phenoxy) is 2. The van der Waals surface area contributed by atoms with Crippen LogP contribution in [0.4, 0.5) is 5.69 Å². The lowest BCUT2D eigenvalue weighted by Crippen LogP contribution is -2.49. The Bertz CT molecular complexity index is 1710. The fourth-order valence-electron chi connectivity index (χ4n) is 6.40. The molecule has 0 spiro atoms. The molecule has 3 aliphatic rings. The Morgan fingerprint density at radius 1 is 0.977 bits per heavy atom. The van der Waals surface area contributed by atoms with Crippen LogP contribution >= 0.6 is 0 Å². The summed E-state index contributed by atoms with van der Waals surface area (Å²) in [7, 11) is 1.59. The highest BCUT2D eigenvalue weighted by Crippen LogP contribution is 2.38. The molecule has 0 radical (unpaired) electrons. The zero-order valence-electron chi connectivity index (χ0n) is 24.9. The normalized spacial score (nSPS) is 18.3. The van der Waals surface area contributed by atoms with E-state index in [1.165, 1.54) is 0 Å². The summed E-state index contributed by atoms with van der Waals surface area (Å²) in [6, 6.07) is 19.5. The van der Waals surface area contributed by atoms with Crippen LogP contribution in [0.5, 0.6) is 11.5 Å². The molecule has 2 aromatic heterocycles. The Labute approximate surface area is 256 Å². The van der Waals surface area contributed by atoms with Gasteiger partial charge in [0.1, 0.15) is 5.82 Å². The number of pyridine rings is 1. The third kappa shape index (κ3) is 5.30. The Morgan fingerprint density at radius 2 is 1.80 bits per heavy atom. The highest BCUT2D eigenvalue weighted by Gasteiger charge is 2.32. The van der Waals surface area contributed by atoms with E-state index in [0.29, 0.717) is 48.1 Å². The van der Waals surface area contributed by atoms with E-state index in [0.717, 1.165) is 62.3 Å². The fraction of sp³-hybridized carbons (Fsp3) is 0.353. The summed E-state index contributed by atoms with van der Waals surface area (Å²) in [5.74, 6) is 1.87. The van der Waals surface area contributed by atoms with Crippen molar-refractivity contribution in [3.8, 4) is 22.9 Å². The predicted molar refractivity (Wildman–Crippen MR) is 168 cm³/mol.